The molecule has 3 aromatic rings. The van der Waals surface area contributed by atoms with Crippen LogP contribution >= 0.6 is 0 Å². The Bertz CT molecular complexity index is 1070. The van der Waals surface area contributed by atoms with E-state index < -0.39 is 5.91 Å². The number of pyridine rings is 2. The normalized spacial score (nSPS) is 15.0. The molecule has 0 unspecified atom stereocenters. The van der Waals surface area contributed by atoms with Gasteiger partial charge in [0.05, 0.1) is 11.6 Å². The van der Waals surface area contributed by atoms with Gasteiger partial charge in [-0.25, -0.2) is 4.39 Å². The fourth-order valence-corrected chi connectivity index (χ4v) is 3.83. The first kappa shape index (κ1) is 18.7. The molecule has 0 bridgehead atoms. The number of carbonyl (C=O) groups is 2. The third kappa shape index (κ3) is 3.71. The van der Waals surface area contributed by atoms with Crippen molar-refractivity contribution in [2.45, 2.75) is 25.4 Å². The predicted molar refractivity (Wildman–Crippen MR) is 104 cm³/mol. The number of aromatic nitrogens is 2. The van der Waals surface area contributed by atoms with Crippen LogP contribution in [0.15, 0.2) is 61.1 Å². The van der Waals surface area contributed by atoms with Gasteiger partial charge in [0.15, 0.2) is 0 Å². The van der Waals surface area contributed by atoms with E-state index in [1.165, 1.54) is 24.5 Å². The quantitative estimate of drug-likeness (QED) is 0.725. The van der Waals surface area contributed by atoms with Crippen molar-refractivity contribution in [1.82, 2.24) is 14.9 Å². The maximum atomic E-state index is 13.9. The van der Waals surface area contributed by atoms with E-state index in [0.717, 1.165) is 17.5 Å². The van der Waals surface area contributed by atoms with E-state index >= 15 is 0 Å². The van der Waals surface area contributed by atoms with Crippen molar-refractivity contribution in [3.63, 3.8) is 0 Å². The molecule has 1 aliphatic rings. The molecular weight excluding hydrogens is 371 g/mol. The molecule has 7 heteroatoms. The second-order valence-electron chi connectivity index (χ2n) is 6.95. The molecule has 0 aliphatic heterocycles. The number of nitrogens with two attached hydrogens (primary N) is 1. The highest BCUT2D eigenvalue weighted by Gasteiger charge is 2.33. The molecule has 0 radical (unpaired) electrons. The van der Waals surface area contributed by atoms with Gasteiger partial charge in [0, 0.05) is 30.7 Å². The van der Waals surface area contributed by atoms with Crippen molar-refractivity contribution in [3.05, 3.63) is 94.8 Å². The van der Waals surface area contributed by atoms with Gasteiger partial charge in [0.25, 0.3) is 11.8 Å². The third-order valence-electron chi connectivity index (χ3n) is 5.16. The van der Waals surface area contributed by atoms with Crippen molar-refractivity contribution < 1.29 is 14.0 Å². The van der Waals surface area contributed by atoms with E-state index in [4.69, 9.17) is 5.73 Å². The monoisotopic (exact) mass is 390 g/mol. The topological polar surface area (TPSA) is 89.2 Å². The zero-order chi connectivity index (χ0) is 20.4. The number of fused-ring (bicyclic) bond motifs is 1. The molecule has 4 rings (SSSR count). The van der Waals surface area contributed by atoms with Crippen molar-refractivity contribution in [3.8, 4) is 0 Å². The number of carbonyl (C=O) groups excluding carboxylic acids is 2. The standard InChI is InChI=1S/C22H19FN4O2/c23-17-7-5-14-6-8-19(18(14)11-17)27(22(29)15-3-1-9-25-12-15)13-16-4-2-10-26-20(16)21(24)28/h1-5,7,9-12,19H,6,8,13H2,(H2,24,28)/t19-/m1/s1. The lowest BCUT2D eigenvalue weighted by molar-refractivity contribution is 0.0655. The van der Waals surface area contributed by atoms with Gasteiger partial charge < -0.3 is 10.6 Å². The van der Waals surface area contributed by atoms with Crippen LogP contribution in [0.25, 0.3) is 0 Å². The minimum absolute atomic E-state index is 0.119. The van der Waals surface area contributed by atoms with Crippen LogP contribution in [-0.4, -0.2) is 26.7 Å². The highest BCUT2D eigenvalue weighted by molar-refractivity contribution is 5.95. The highest BCUT2D eigenvalue weighted by Crippen LogP contribution is 2.38. The predicted octanol–water partition coefficient (Wildman–Crippen LogP) is 3.04. The molecule has 2 N–H and O–H groups in total. The zero-order valence-electron chi connectivity index (χ0n) is 15.6. The molecule has 2 heterocycles. The number of nitrogens with zero attached hydrogens (tertiary/aromatic N) is 3. The fraction of sp³-hybridized carbons (Fsp3) is 0.182. The molecule has 0 spiro atoms. The summed E-state index contributed by atoms with van der Waals surface area (Å²) in [5.74, 6) is -1.25. The average molecular weight is 390 g/mol. The number of halogens is 1. The maximum Gasteiger partial charge on any atom is 0.267 e. The molecule has 29 heavy (non-hydrogen) atoms. The van der Waals surface area contributed by atoms with Crippen LogP contribution in [0.4, 0.5) is 4.39 Å². The maximum absolute atomic E-state index is 13.9. The van der Waals surface area contributed by atoms with Crippen LogP contribution < -0.4 is 5.73 Å². The number of rotatable bonds is 5. The Morgan fingerprint density at radius 2 is 2.00 bits per heavy atom. The largest absolute Gasteiger partial charge is 0.364 e. The lowest BCUT2D eigenvalue weighted by Crippen LogP contribution is -2.34. The van der Waals surface area contributed by atoms with Gasteiger partial charge in [-0.3, -0.25) is 19.6 Å². The first-order chi connectivity index (χ1) is 14.0. The molecule has 1 aromatic carbocycles. The minimum Gasteiger partial charge on any atom is -0.364 e. The molecule has 1 atom stereocenters. The second-order valence-corrected chi connectivity index (χ2v) is 6.95. The molecule has 0 saturated heterocycles. The number of aryl methyl sites for hydroxylation is 1. The molecule has 2 aromatic heterocycles. The third-order valence-corrected chi connectivity index (χ3v) is 5.16. The summed E-state index contributed by atoms with van der Waals surface area (Å²) in [5, 5.41) is 0. The summed E-state index contributed by atoms with van der Waals surface area (Å²) >= 11 is 0. The van der Waals surface area contributed by atoms with Crippen molar-refractivity contribution in [2.24, 2.45) is 5.73 Å². The van der Waals surface area contributed by atoms with E-state index in [1.807, 2.05) is 0 Å². The van der Waals surface area contributed by atoms with E-state index in [0.29, 0.717) is 17.5 Å². The van der Waals surface area contributed by atoms with Crippen molar-refractivity contribution in [1.29, 1.82) is 0 Å². The van der Waals surface area contributed by atoms with Gasteiger partial charge in [-0.05, 0) is 54.3 Å². The summed E-state index contributed by atoms with van der Waals surface area (Å²) in [6.07, 6.45) is 5.98. The number of benzene rings is 1. The summed E-state index contributed by atoms with van der Waals surface area (Å²) in [5.41, 5.74) is 8.34. The number of primary amides is 1. The lowest BCUT2D eigenvalue weighted by atomic mass is 10.0. The summed E-state index contributed by atoms with van der Waals surface area (Å²) < 4.78 is 13.9. The number of hydrogen-bond acceptors (Lipinski definition) is 4. The van der Waals surface area contributed by atoms with Crippen molar-refractivity contribution in [2.75, 3.05) is 0 Å². The molecule has 146 valence electrons. The SMILES string of the molecule is NC(=O)c1ncccc1CN(C(=O)c1cccnc1)[C@@H]1CCc2ccc(F)cc21. The van der Waals surface area contributed by atoms with E-state index in [-0.39, 0.29) is 30.0 Å². The van der Waals surface area contributed by atoms with Crippen LogP contribution in [-0.2, 0) is 13.0 Å². The van der Waals surface area contributed by atoms with Gasteiger partial charge in [0.2, 0.25) is 0 Å². The Balaban J connectivity index is 1.77. The average Bonchev–Trinajstić information content (AvgIpc) is 3.15. The highest BCUT2D eigenvalue weighted by atomic mass is 19.1. The zero-order valence-corrected chi connectivity index (χ0v) is 15.6. The lowest BCUT2D eigenvalue weighted by Gasteiger charge is -2.30. The summed E-state index contributed by atoms with van der Waals surface area (Å²) in [7, 11) is 0. The first-order valence-corrected chi connectivity index (χ1v) is 9.27. The van der Waals surface area contributed by atoms with Gasteiger partial charge in [-0.2, -0.15) is 0 Å². The van der Waals surface area contributed by atoms with E-state index in [2.05, 4.69) is 9.97 Å². The molecule has 6 nitrogen and oxygen atoms in total. The van der Waals surface area contributed by atoms with Crippen LogP contribution in [0.5, 0.6) is 0 Å². The Labute approximate surface area is 167 Å². The fourth-order valence-electron chi connectivity index (χ4n) is 3.83. The second kappa shape index (κ2) is 7.79. The van der Waals surface area contributed by atoms with Crippen LogP contribution in [0.3, 0.4) is 0 Å². The Morgan fingerprint density at radius 1 is 1.17 bits per heavy atom. The number of hydrogen-bond donors (Lipinski definition) is 1. The Hall–Kier alpha value is -3.61. The summed E-state index contributed by atoms with van der Waals surface area (Å²) in [6, 6.07) is 11.1. The van der Waals surface area contributed by atoms with Gasteiger partial charge in [0.1, 0.15) is 11.5 Å². The van der Waals surface area contributed by atoms with Crippen LogP contribution in [0.2, 0.25) is 0 Å². The van der Waals surface area contributed by atoms with Gasteiger partial charge >= 0.3 is 0 Å². The van der Waals surface area contributed by atoms with Crippen LogP contribution in [0, 0.1) is 5.82 Å². The molecular formula is C22H19FN4O2. The molecule has 2 amide bonds. The van der Waals surface area contributed by atoms with Crippen LogP contribution in [0.1, 0.15) is 50.0 Å². The summed E-state index contributed by atoms with van der Waals surface area (Å²) in [6.45, 7) is 0.125. The van der Waals surface area contributed by atoms with Gasteiger partial charge in [-0.1, -0.05) is 12.1 Å². The van der Waals surface area contributed by atoms with Crippen molar-refractivity contribution >= 4 is 11.8 Å². The Kier molecular flexibility index (Phi) is 5.03. The smallest absolute Gasteiger partial charge is 0.267 e. The Morgan fingerprint density at radius 3 is 2.76 bits per heavy atom. The molecule has 0 saturated carbocycles. The number of amides is 2. The van der Waals surface area contributed by atoms with E-state index in [9.17, 15) is 14.0 Å². The minimum atomic E-state index is -0.660. The van der Waals surface area contributed by atoms with Gasteiger partial charge in [-0.15, -0.1) is 0 Å². The first-order valence-electron chi connectivity index (χ1n) is 9.27. The molecule has 1 aliphatic carbocycles. The van der Waals surface area contributed by atoms with E-state index in [1.54, 1.807) is 41.4 Å². The molecule has 0 fully saturated rings. The summed E-state index contributed by atoms with van der Waals surface area (Å²) in [4.78, 5) is 34.9.